The van der Waals surface area contributed by atoms with Gasteiger partial charge in [0.25, 0.3) is 0 Å². The van der Waals surface area contributed by atoms with Crippen molar-refractivity contribution in [3.05, 3.63) is 0 Å². The third-order valence-electron chi connectivity index (χ3n) is 2.90. The molecule has 0 spiro atoms. The van der Waals surface area contributed by atoms with Crippen molar-refractivity contribution in [1.29, 1.82) is 0 Å². The van der Waals surface area contributed by atoms with Gasteiger partial charge >= 0.3 is 6.09 Å². The van der Waals surface area contributed by atoms with E-state index in [-0.39, 0.29) is 12.0 Å². The number of nitrogens with zero attached hydrogens (tertiary/aromatic N) is 1. The maximum absolute atomic E-state index is 11.5. The Kier molecular flexibility index (Phi) is 4.99. The van der Waals surface area contributed by atoms with E-state index < -0.39 is 5.60 Å². The highest BCUT2D eigenvalue weighted by Crippen LogP contribution is 2.16. The number of carbonyl (C=O) groups is 2. The Bertz CT molecular complexity index is 310. The Morgan fingerprint density at radius 2 is 2.06 bits per heavy atom. The molecule has 5 heteroatoms. The van der Waals surface area contributed by atoms with Crippen LogP contribution in [0.1, 0.15) is 40.5 Å². The average molecular weight is 256 g/mol. The Hall–Kier alpha value is -1.26. The fraction of sp³-hybridized carbons (Fsp3) is 0.846. The van der Waals surface area contributed by atoms with Crippen molar-refractivity contribution in [2.45, 2.75) is 46.1 Å². The zero-order valence-electron chi connectivity index (χ0n) is 11.8. The van der Waals surface area contributed by atoms with Gasteiger partial charge in [0.1, 0.15) is 5.60 Å². The minimum absolute atomic E-state index is 0.108. The van der Waals surface area contributed by atoms with Crippen molar-refractivity contribution in [2.75, 3.05) is 19.6 Å². The highest BCUT2D eigenvalue weighted by molar-refractivity contribution is 5.73. The van der Waals surface area contributed by atoms with Gasteiger partial charge in [0.2, 0.25) is 5.91 Å². The fourth-order valence-electron chi connectivity index (χ4n) is 2.06. The Morgan fingerprint density at radius 3 is 2.61 bits per heavy atom. The molecule has 2 amide bonds. The molecule has 104 valence electrons. The van der Waals surface area contributed by atoms with Gasteiger partial charge < -0.3 is 15.0 Å². The van der Waals surface area contributed by atoms with E-state index in [2.05, 4.69) is 5.32 Å². The van der Waals surface area contributed by atoms with Gasteiger partial charge in [-0.05, 0) is 39.5 Å². The molecule has 1 rings (SSSR count). The third kappa shape index (κ3) is 5.38. The standard InChI is InChI=1S/C13H24N2O3/c1-10(16)15-7-5-6-11(9-15)8-14-12(17)18-13(2,3)4/h11H,5-9H2,1-4H3,(H,14,17)/t11-/m1/s1. The first kappa shape index (κ1) is 14.8. The molecule has 0 unspecified atom stereocenters. The molecule has 1 aliphatic rings. The average Bonchev–Trinajstić information content (AvgIpc) is 2.24. The van der Waals surface area contributed by atoms with Crippen LogP contribution in [0.2, 0.25) is 0 Å². The highest BCUT2D eigenvalue weighted by Gasteiger charge is 2.23. The van der Waals surface area contributed by atoms with Crippen LogP contribution < -0.4 is 5.32 Å². The molecule has 0 aromatic heterocycles. The molecule has 1 atom stereocenters. The summed E-state index contributed by atoms with van der Waals surface area (Å²) in [6.07, 6.45) is 1.65. The van der Waals surface area contributed by atoms with Crippen molar-refractivity contribution in [3.8, 4) is 0 Å². The summed E-state index contributed by atoms with van der Waals surface area (Å²) in [5.41, 5.74) is -0.470. The lowest BCUT2D eigenvalue weighted by Crippen LogP contribution is -2.43. The molecule has 0 saturated carbocycles. The first-order valence-electron chi connectivity index (χ1n) is 6.50. The van der Waals surface area contributed by atoms with Gasteiger partial charge in [-0.2, -0.15) is 0 Å². The molecule has 1 saturated heterocycles. The van der Waals surface area contributed by atoms with E-state index in [0.717, 1.165) is 25.9 Å². The minimum Gasteiger partial charge on any atom is -0.444 e. The van der Waals surface area contributed by atoms with Gasteiger partial charge in [-0.1, -0.05) is 0 Å². The summed E-state index contributed by atoms with van der Waals surface area (Å²) in [6.45, 7) is 9.23. The number of piperidine rings is 1. The van der Waals surface area contributed by atoms with Crippen molar-refractivity contribution in [1.82, 2.24) is 10.2 Å². The van der Waals surface area contributed by atoms with E-state index in [1.54, 1.807) is 6.92 Å². The van der Waals surface area contributed by atoms with Gasteiger partial charge in [0.05, 0.1) is 0 Å². The van der Waals surface area contributed by atoms with Crippen LogP contribution in [-0.4, -0.2) is 42.1 Å². The lowest BCUT2D eigenvalue weighted by atomic mass is 9.98. The SMILES string of the molecule is CC(=O)N1CCC[C@H](CNC(=O)OC(C)(C)C)C1. The Balaban J connectivity index is 2.31. The zero-order chi connectivity index (χ0) is 13.8. The lowest BCUT2D eigenvalue weighted by molar-refractivity contribution is -0.130. The Morgan fingerprint density at radius 1 is 1.39 bits per heavy atom. The largest absolute Gasteiger partial charge is 0.444 e. The lowest BCUT2D eigenvalue weighted by Gasteiger charge is -2.32. The molecule has 0 bridgehead atoms. The predicted octanol–water partition coefficient (Wildman–Crippen LogP) is 1.77. The van der Waals surface area contributed by atoms with Crippen molar-refractivity contribution in [3.63, 3.8) is 0 Å². The summed E-state index contributed by atoms with van der Waals surface area (Å²) in [4.78, 5) is 24.6. The van der Waals surface area contributed by atoms with Crippen molar-refractivity contribution in [2.24, 2.45) is 5.92 Å². The molecular formula is C13H24N2O3. The quantitative estimate of drug-likeness (QED) is 0.819. The summed E-state index contributed by atoms with van der Waals surface area (Å²) in [5, 5.41) is 2.77. The smallest absolute Gasteiger partial charge is 0.407 e. The van der Waals surface area contributed by atoms with Crippen LogP contribution >= 0.6 is 0 Å². The monoisotopic (exact) mass is 256 g/mol. The number of alkyl carbamates (subject to hydrolysis) is 1. The number of hydrogen-bond donors (Lipinski definition) is 1. The highest BCUT2D eigenvalue weighted by atomic mass is 16.6. The number of rotatable bonds is 2. The van der Waals surface area contributed by atoms with Crippen LogP contribution in [0.3, 0.4) is 0 Å². The van der Waals surface area contributed by atoms with Crippen molar-refractivity contribution < 1.29 is 14.3 Å². The summed E-state index contributed by atoms with van der Waals surface area (Å²) in [6, 6.07) is 0. The third-order valence-corrected chi connectivity index (χ3v) is 2.90. The normalized spacial score (nSPS) is 20.4. The van der Waals surface area contributed by atoms with Crippen LogP contribution in [0.25, 0.3) is 0 Å². The van der Waals surface area contributed by atoms with E-state index in [1.165, 1.54) is 0 Å². The number of carbonyl (C=O) groups excluding carboxylic acids is 2. The second-order valence-electron chi connectivity index (χ2n) is 5.86. The molecular weight excluding hydrogens is 232 g/mol. The Labute approximate surface area is 109 Å². The molecule has 18 heavy (non-hydrogen) atoms. The topological polar surface area (TPSA) is 58.6 Å². The van der Waals surface area contributed by atoms with Gasteiger partial charge in [-0.25, -0.2) is 4.79 Å². The van der Waals surface area contributed by atoms with Crippen LogP contribution in [0.15, 0.2) is 0 Å². The van der Waals surface area contributed by atoms with Gasteiger partial charge in [-0.3, -0.25) is 4.79 Å². The van der Waals surface area contributed by atoms with E-state index in [9.17, 15) is 9.59 Å². The molecule has 0 aromatic rings. The van der Waals surface area contributed by atoms with Gasteiger partial charge in [0, 0.05) is 26.6 Å². The van der Waals surface area contributed by atoms with Crippen molar-refractivity contribution >= 4 is 12.0 Å². The number of nitrogens with one attached hydrogen (secondary N) is 1. The van der Waals surface area contributed by atoms with Crippen LogP contribution in [-0.2, 0) is 9.53 Å². The number of amides is 2. The summed E-state index contributed by atoms with van der Waals surface area (Å²) >= 11 is 0. The molecule has 0 aromatic carbocycles. The fourth-order valence-corrected chi connectivity index (χ4v) is 2.06. The first-order chi connectivity index (χ1) is 8.28. The van der Waals surface area contributed by atoms with Crippen LogP contribution in [0.4, 0.5) is 4.79 Å². The van der Waals surface area contributed by atoms with E-state index in [1.807, 2.05) is 25.7 Å². The molecule has 1 aliphatic heterocycles. The summed E-state index contributed by atoms with van der Waals surface area (Å²) in [7, 11) is 0. The zero-order valence-corrected chi connectivity index (χ0v) is 11.8. The second-order valence-corrected chi connectivity index (χ2v) is 5.86. The molecule has 1 fully saturated rings. The molecule has 1 N–H and O–H groups in total. The molecule has 1 heterocycles. The second kappa shape index (κ2) is 6.07. The maximum Gasteiger partial charge on any atom is 0.407 e. The number of likely N-dealkylation sites (tertiary alicyclic amines) is 1. The van der Waals surface area contributed by atoms with Gasteiger partial charge in [0.15, 0.2) is 0 Å². The molecule has 0 aliphatic carbocycles. The minimum atomic E-state index is -0.470. The van der Waals surface area contributed by atoms with Crippen LogP contribution in [0.5, 0.6) is 0 Å². The van der Waals surface area contributed by atoms with Crippen LogP contribution in [0, 0.1) is 5.92 Å². The van der Waals surface area contributed by atoms with E-state index >= 15 is 0 Å². The maximum atomic E-state index is 11.5. The van der Waals surface area contributed by atoms with Gasteiger partial charge in [-0.15, -0.1) is 0 Å². The molecule has 5 nitrogen and oxygen atoms in total. The first-order valence-corrected chi connectivity index (χ1v) is 6.50. The number of ether oxygens (including phenoxy) is 1. The van der Waals surface area contributed by atoms with E-state index in [4.69, 9.17) is 4.74 Å². The summed E-state index contributed by atoms with van der Waals surface area (Å²) in [5.74, 6) is 0.437. The summed E-state index contributed by atoms with van der Waals surface area (Å²) < 4.78 is 5.17. The number of hydrogen-bond acceptors (Lipinski definition) is 3. The molecule has 0 radical (unpaired) electrons. The predicted molar refractivity (Wildman–Crippen MR) is 69.2 cm³/mol. The van der Waals surface area contributed by atoms with E-state index in [0.29, 0.717) is 12.5 Å².